The summed E-state index contributed by atoms with van der Waals surface area (Å²) in [6, 6.07) is 20.6. The second kappa shape index (κ2) is 10.0. The number of carbonyl (C=O) groups is 1. The van der Waals surface area contributed by atoms with E-state index in [1.807, 2.05) is 36.4 Å². The second-order valence-electron chi connectivity index (χ2n) is 8.32. The number of alkyl carbamates (subject to hydrolysis) is 1. The molecular weight excluding hydrogens is 436 g/mol. The highest BCUT2D eigenvalue weighted by Gasteiger charge is 2.30. The number of nitrogens with one attached hydrogen (secondary N) is 1. The van der Waals surface area contributed by atoms with Crippen LogP contribution >= 0.6 is 0 Å². The number of para-hydroxylation sites is 1. The van der Waals surface area contributed by atoms with Gasteiger partial charge in [0.05, 0.1) is 16.6 Å². The third-order valence-electron chi connectivity index (χ3n) is 6.19. The molecule has 2 unspecified atom stereocenters. The van der Waals surface area contributed by atoms with Gasteiger partial charge in [-0.15, -0.1) is 0 Å². The average molecular weight is 463 g/mol. The molecule has 0 saturated heterocycles. The van der Waals surface area contributed by atoms with Crippen molar-refractivity contribution in [3.05, 3.63) is 99.1 Å². The zero-order chi connectivity index (χ0) is 24.2. The van der Waals surface area contributed by atoms with Gasteiger partial charge in [-0.2, -0.15) is 0 Å². The zero-order valence-corrected chi connectivity index (χ0v) is 18.7. The van der Waals surface area contributed by atoms with Gasteiger partial charge in [0.15, 0.2) is 0 Å². The summed E-state index contributed by atoms with van der Waals surface area (Å²) in [6.07, 6.45) is -3.39. The zero-order valence-electron chi connectivity index (χ0n) is 18.7. The summed E-state index contributed by atoms with van der Waals surface area (Å²) >= 11 is 0. The molecule has 3 aromatic carbocycles. The van der Waals surface area contributed by atoms with E-state index in [0.29, 0.717) is 5.56 Å². The molecule has 8 heteroatoms. The minimum Gasteiger partial charge on any atom is -0.449 e. The summed E-state index contributed by atoms with van der Waals surface area (Å²) in [5.41, 5.74) is 4.69. The van der Waals surface area contributed by atoms with Crippen molar-refractivity contribution in [3.63, 3.8) is 0 Å². The quantitative estimate of drug-likeness (QED) is 0.340. The van der Waals surface area contributed by atoms with Crippen LogP contribution in [0.25, 0.3) is 11.1 Å². The molecule has 3 aromatic rings. The van der Waals surface area contributed by atoms with Gasteiger partial charge < -0.3 is 20.3 Å². The molecule has 34 heavy (non-hydrogen) atoms. The highest BCUT2D eigenvalue weighted by molar-refractivity contribution is 5.79. The number of nitrogens with zero attached hydrogens (tertiary/aromatic N) is 1. The van der Waals surface area contributed by atoms with Crippen LogP contribution in [0.15, 0.2) is 66.7 Å². The van der Waals surface area contributed by atoms with Crippen LogP contribution in [0, 0.1) is 17.0 Å². The van der Waals surface area contributed by atoms with Gasteiger partial charge in [0.1, 0.15) is 12.7 Å². The van der Waals surface area contributed by atoms with Gasteiger partial charge in [-0.25, -0.2) is 4.79 Å². The standard InChI is InChI=1S/C26H26N2O6/c1-16-7-6-12-21(24(16)28(32)33)25(30)23(29)13-14-27-26(31)34-15-22-19-10-4-2-8-17(19)18-9-3-5-11-20(18)22/h2-12,22-23,25,29-30H,13-15H2,1H3,(H,27,31). The highest BCUT2D eigenvalue weighted by Crippen LogP contribution is 2.44. The van der Waals surface area contributed by atoms with E-state index in [1.165, 1.54) is 6.07 Å². The molecule has 0 bridgehead atoms. The van der Waals surface area contributed by atoms with Crippen molar-refractivity contribution in [2.45, 2.75) is 31.5 Å². The first kappa shape index (κ1) is 23.4. The fourth-order valence-electron chi connectivity index (χ4n) is 4.51. The summed E-state index contributed by atoms with van der Waals surface area (Å²) in [4.78, 5) is 23.0. The van der Waals surface area contributed by atoms with Crippen molar-refractivity contribution >= 4 is 11.8 Å². The summed E-state index contributed by atoms with van der Waals surface area (Å²) in [5, 5.41) is 34.7. The van der Waals surface area contributed by atoms with Crippen molar-refractivity contribution in [2.75, 3.05) is 13.2 Å². The number of nitro groups is 1. The third-order valence-corrected chi connectivity index (χ3v) is 6.19. The lowest BCUT2D eigenvalue weighted by Crippen LogP contribution is -2.30. The molecule has 0 spiro atoms. The molecule has 0 fully saturated rings. The maximum absolute atomic E-state index is 12.3. The van der Waals surface area contributed by atoms with E-state index >= 15 is 0 Å². The van der Waals surface area contributed by atoms with E-state index in [-0.39, 0.29) is 36.7 Å². The monoisotopic (exact) mass is 462 g/mol. The molecule has 0 aromatic heterocycles. The van der Waals surface area contributed by atoms with Crippen LogP contribution in [0.3, 0.4) is 0 Å². The minimum atomic E-state index is -1.45. The number of nitro benzene ring substituents is 1. The van der Waals surface area contributed by atoms with Crippen LogP contribution in [0.1, 0.15) is 40.7 Å². The normalized spacial score (nSPS) is 14.1. The van der Waals surface area contributed by atoms with Crippen LogP contribution < -0.4 is 5.32 Å². The fourth-order valence-corrected chi connectivity index (χ4v) is 4.51. The summed E-state index contributed by atoms with van der Waals surface area (Å²) in [6.45, 7) is 1.77. The van der Waals surface area contributed by atoms with Crippen LogP contribution in [0.4, 0.5) is 10.5 Å². The van der Waals surface area contributed by atoms with E-state index in [9.17, 15) is 25.1 Å². The molecule has 0 aliphatic heterocycles. The number of hydrogen-bond donors (Lipinski definition) is 3. The molecule has 8 nitrogen and oxygen atoms in total. The number of rotatable bonds is 8. The van der Waals surface area contributed by atoms with Gasteiger partial charge in [0, 0.05) is 18.0 Å². The lowest BCUT2D eigenvalue weighted by Gasteiger charge is -2.19. The van der Waals surface area contributed by atoms with E-state index in [1.54, 1.807) is 19.1 Å². The predicted molar refractivity (Wildman–Crippen MR) is 126 cm³/mol. The van der Waals surface area contributed by atoms with E-state index in [2.05, 4.69) is 17.4 Å². The van der Waals surface area contributed by atoms with Gasteiger partial charge >= 0.3 is 6.09 Å². The van der Waals surface area contributed by atoms with Gasteiger partial charge in [0.25, 0.3) is 5.69 Å². The summed E-state index contributed by atoms with van der Waals surface area (Å²) < 4.78 is 5.45. The van der Waals surface area contributed by atoms with Crippen molar-refractivity contribution in [3.8, 4) is 11.1 Å². The second-order valence-corrected chi connectivity index (χ2v) is 8.32. The Kier molecular flexibility index (Phi) is 6.90. The first-order chi connectivity index (χ1) is 16.4. The number of amides is 1. The maximum atomic E-state index is 12.3. The van der Waals surface area contributed by atoms with Crippen molar-refractivity contribution in [1.82, 2.24) is 5.32 Å². The minimum absolute atomic E-state index is 0.00351. The van der Waals surface area contributed by atoms with Crippen LogP contribution in [-0.4, -0.2) is 40.5 Å². The van der Waals surface area contributed by atoms with Crippen molar-refractivity contribution in [1.29, 1.82) is 0 Å². The number of aliphatic hydroxyl groups excluding tert-OH is 2. The third kappa shape index (κ3) is 4.64. The van der Waals surface area contributed by atoms with Crippen LogP contribution in [-0.2, 0) is 4.74 Å². The number of carbonyl (C=O) groups excluding carboxylic acids is 1. The number of aliphatic hydroxyl groups is 2. The van der Waals surface area contributed by atoms with Gasteiger partial charge in [-0.3, -0.25) is 10.1 Å². The van der Waals surface area contributed by atoms with Crippen LogP contribution in [0.2, 0.25) is 0 Å². The largest absolute Gasteiger partial charge is 0.449 e. The number of aryl methyl sites for hydroxylation is 1. The lowest BCUT2D eigenvalue weighted by molar-refractivity contribution is -0.386. The Morgan fingerprint density at radius 1 is 1.03 bits per heavy atom. The van der Waals surface area contributed by atoms with E-state index in [4.69, 9.17) is 4.74 Å². The SMILES string of the molecule is Cc1cccc(C(O)C(O)CCNC(=O)OCC2c3ccccc3-c3ccccc32)c1[N+](=O)[O-]. The predicted octanol–water partition coefficient (Wildman–Crippen LogP) is 4.23. The molecule has 4 rings (SSSR count). The Labute approximate surface area is 197 Å². The molecule has 0 saturated carbocycles. The molecule has 2 atom stereocenters. The van der Waals surface area contributed by atoms with Crippen molar-refractivity contribution < 1.29 is 24.7 Å². The Morgan fingerprint density at radius 3 is 2.26 bits per heavy atom. The van der Waals surface area contributed by atoms with E-state index in [0.717, 1.165) is 22.3 Å². The molecule has 1 amide bonds. The first-order valence-corrected chi connectivity index (χ1v) is 11.1. The smallest absolute Gasteiger partial charge is 0.407 e. The number of hydrogen-bond acceptors (Lipinski definition) is 6. The van der Waals surface area contributed by atoms with Crippen molar-refractivity contribution in [2.24, 2.45) is 0 Å². The number of fused-ring (bicyclic) bond motifs is 3. The Bertz CT molecular complexity index is 1170. The Hall–Kier alpha value is -3.75. The molecular formula is C26H26N2O6. The molecule has 1 aliphatic rings. The average Bonchev–Trinajstić information content (AvgIpc) is 3.15. The molecule has 0 heterocycles. The topological polar surface area (TPSA) is 122 Å². The first-order valence-electron chi connectivity index (χ1n) is 11.1. The summed E-state index contributed by atoms with van der Waals surface area (Å²) in [5.74, 6) is -0.0626. The highest BCUT2D eigenvalue weighted by atomic mass is 16.6. The molecule has 1 aliphatic carbocycles. The molecule has 176 valence electrons. The molecule has 3 N–H and O–H groups in total. The lowest BCUT2D eigenvalue weighted by atomic mass is 9.98. The number of ether oxygens (including phenoxy) is 1. The maximum Gasteiger partial charge on any atom is 0.407 e. The number of benzene rings is 3. The van der Waals surface area contributed by atoms with E-state index < -0.39 is 23.2 Å². The summed E-state index contributed by atoms with van der Waals surface area (Å²) in [7, 11) is 0. The fraction of sp³-hybridized carbons (Fsp3) is 0.269. The Balaban J connectivity index is 1.31. The van der Waals surface area contributed by atoms with Gasteiger partial charge in [-0.05, 0) is 41.7 Å². The van der Waals surface area contributed by atoms with Gasteiger partial charge in [-0.1, -0.05) is 60.7 Å². The van der Waals surface area contributed by atoms with Gasteiger partial charge in [0.2, 0.25) is 0 Å². The Morgan fingerprint density at radius 2 is 1.65 bits per heavy atom. The van der Waals surface area contributed by atoms with Crippen LogP contribution in [0.5, 0.6) is 0 Å². The molecule has 0 radical (unpaired) electrons.